The third-order valence-corrected chi connectivity index (χ3v) is 2.54. The summed E-state index contributed by atoms with van der Waals surface area (Å²) in [5.74, 6) is 0. The van der Waals surface area contributed by atoms with Gasteiger partial charge in [0.15, 0.2) is 0 Å². The molecular formula is C14H14. The Hall–Kier alpha value is -1.56. The lowest BCUT2D eigenvalue weighted by Gasteiger charge is -2.09. The normalized spacial score (nSPS) is 10.1. The first-order valence-electron chi connectivity index (χ1n) is 4.90. The van der Waals surface area contributed by atoms with Crippen molar-refractivity contribution in [3.05, 3.63) is 59.7 Å². The topological polar surface area (TPSA) is 0 Å². The van der Waals surface area contributed by atoms with Crippen LogP contribution in [-0.2, 0) is 0 Å². The van der Waals surface area contributed by atoms with Gasteiger partial charge in [-0.1, -0.05) is 48.5 Å². The van der Waals surface area contributed by atoms with Crippen molar-refractivity contribution in [1.29, 1.82) is 0 Å². The lowest BCUT2D eigenvalue weighted by atomic mass is 9.96. The fraction of sp³-hybridized carbons (Fsp3) is 0.143. The van der Waals surface area contributed by atoms with Crippen LogP contribution in [0.25, 0.3) is 11.1 Å². The fourth-order valence-corrected chi connectivity index (χ4v) is 1.87. The highest BCUT2D eigenvalue weighted by atomic mass is 14.1. The molecule has 2 aromatic rings. The van der Waals surface area contributed by atoms with Gasteiger partial charge in [-0.2, -0.15) is 0 Å². The standard InChI is InChI=1S/C14H14/c1-11-7-6-8-12(2)14(11)13-9-4-3-5-10-13/h3-10H,1-2H3. The Balaban J connectivity index is 2.63. The van der Waals surface area contributed by atoms with E-state index in [2.05, 4.69) is 62.4 Å². The van der Waals surface area contributed by atoms with E-state index in [0.717, 1.165) is 0 Å². The molecule has 0 N–H and O–H groups in total. The maximum absolute atomic E-state index is 2.16. The molecule has 0 saturated heterocycles. The van der Waals surface area contributed by atoms with Crippen LogP contribution in [-0.4, -0.2) is 0 Å². The Morgan fingerprint density at radius 2 is 1.21 bits per heavy atom. The second-order valence-corrected chi connectivity index (χ2v) is 3.63. The van der Waals surface area contributed by atoms with Crippen molar-refractivity contribution in [2.45, 2.75) is 13.8 Å². The number of hydrogen-bond donors (Lipinski definition) is 0. The first kappa shape index (κ1) is 9.01. The van der Waals surface area contributed by atoms with E-state index < -0.39 is 0 Å². The largest absolute Gasteiger partial charge is 0.0622 e. The van der Waals surface area contributed by atoms with Gasteiger partial charge in [0.1, 0.15) is 0 Å². The van der Waals surface area contributed by atoms with Crippen molar-refractivity contribution in [2.24, 2.45) is 0 Å². The number of hydrogen-bond acceptors (Lipinski definition) is 0. The lowest BCUT2D eigenvalue weighted by molar-refractivity contribution is 1.38. The van der Waals surface area contributed by atoms with Crippen LogP contribution in [0.4, 0.5) is 0 Å². The van der Waals surface area contributed by atoms with Gasteiger partial charge in [-0.05, 0) is 36.1 Å². The minimum atomic E-state index is 1.31. The Bertz CT molecular complexity index is 407. The van der Waals surface area contributed by atoms with E-state index in [4.69, 9.17) is 0 Å². The van der Waals surface area contributed by atoms with E-state index in [0.29, 0.717) is 0 Å². The summed E-state index contributed by atoms with van der Waals surface area (Å²) in [6.07, 6.45) is 0. The van der Waals surface area contributed by atoms with Crippen molar-refractivity contribution in [2.75, 3.05) is 0 Å². The van der Waals surface area contributed by atoms with Gasteiger partial charge in [-0.25, -0.2) is 0 Å². The molecule has 0 saturated carbocycles. The molecule has 0 aliphatic heterocycles. The molecule has 0 fully saturated rings. The summed E-state index contributed by atoms with van der Waals surface area (Å²) in [7, 11) is 0. The molecule has 0 heterocycles. The zero-order chi connectivity index (χ0) is 9.97. The van der Waals surface area contributed by atoms with E-state index >= 15 is 0 Å². The third kappa shape index (κ3) is 1.56. The Morgan fingerprint density at radius 3 is 1.79 bits per heavy atom. The molecule has 0 atom stereocenters. The molecule has 0 amide bonds. The molecule has 0 bridgehead atoms. The SMILES string of the molecule is Cc1cccc(C)c1-c1ccccc1. The van der Waals surface area contributed by atoms with Crippen LogP contribution in [0.15, 0.2) is 48.5 Å². The van der Waals surface area contributed by atoms with E-state index in [1.54, 1.807) is 0 Å². The summed E-state index contributed by atoms with van der Waals surface area (Å²) >= 11 is 0. The Kier molecular flexibility index (Phi) is 2.36. The maximum Gasteiger partial charge on any atom is -0.0125 e. The molecule has 0 unspecified atom stereocenters. The average Bonchev–Trinajstić information content (AvgIpc) is 2.19. The summed E-state index contributed by atoms with van der Waals surface area (Å²) in [5.41, 5.74) is 5.36. The van der Waals surface area contributed by atoms with Crippen LogP contribution in [0.2, 0.25) is 0 Å². The van der Waals surface area contributed by atoms with Crippen molar-refractivity contribution in [1.82, 2.24) is 0 Å². The zero-order valence-corrected chi connectivity index (χ0v) is 8.62. The molecule has 2 aromatic carbocycles. The van der Waals surface area contributed by atoms with Gasteiger partial charge < -0.3 is 0 Å². The monoisotopic (exact) mass is 182 g/mol. The fourth-order valence-electron chi connectivity index (χ4n) is 1.87. The smallest absolute Gasteiger partial charge is 0.0125 e. The van der Waals surface area contributed by atoms with Gasteiger partial charge >= 0.3 is 0 Å². The van der Waals surface area contributed by atoms with Gasteiger partial charge in [0, 0.05) is 0 Å². The van der Waals surface area contributed by atoms with Crippen LogP contribution < -0.4 is 0 Å². The second-order valence-electron chi connectivity index (χ2n) is 3.63. The minimum Gasteiger partial charge on any atom is -0.0622 e. The first-order valence-corrected chi connectivity index (χ1v) is 4.90. The maximum atomic E-state index is 2.16. The summed E-state index contributed by atoms with van der Waals surface area (Å²) in [5, 5.41) is 0. The molecule has 0 aliphatic carbocycles. The average molecular weight is 182 g/mol. The van der Waals surface area contributed by atoms with Gasteiger partial charge in [0.25, 0.3) is 0 Å². The number of benzene rings is 2. The van der Waals surface area contributed by atoms with Crippen LogP contribution >= 0.6 is 0 Å². The molecule has 70 valence electrons. The van der Waals surface area contributed by atoms with Crippen LogP contribution in [0.5, 0.6) is 0 Å². The van der Waals surface area contributed by atoms with Crippen molar-refractivity contribution >= 4 is 0 Å². The van der Waals surface area contributed by atoms with E-state index in [1.165, 1.54) is 22.3 Å². The molecule has 0 spiro atoms. The molecule has 0 aromatic heterocycles. The molecule has 14 heavy (non-hydrogen) atoms. The van der Waals surface area contributed by atoms with Gasteiger partial charge in [-0.3, -0.25) is 0 Å². The Morgan fingerprint density at radius 1 is 0.643 bits per heavy atom. The molecule has 0 aliphatic rings. The van der Waals surface area contributed by atoms with Crippen molar-refractivity contribution in [3.63, 3.8) is 0 Å². The molecular weight excluding hydrogens is 168 g/mol. The summed E-state index contributed by atoms with van der Waals surface area (Å²) < 4.78 is 0. The van der Waals surface area contributed by atoms with Crippen LogP contribution in [0.3, 0.4) is 0 Å². The lowest BCUT2D eigenvalue weighted by Crippen LogP contribution is -1.86. The second kappa shape index (κ2) is 3.67. The highest BCUT2D eigenvalue weighted by Gasteiger charge is 2.03. The summed E-state index contributed by atoms with van der Waals surface area (Å²) in [6.45, 7) is 4.32. The first-order chi connectivity index (χ1) is 6.79. The predicted molar refractivity (Wildman–Crippen MR) is 61.4 cm³/mol. The number of aryl methyl sites for hydroxylation is 2. The zero-order valence-electron chi connectivity index (χ0n) is 8.62. The van der Waals surface area contributed by atoms with Crippen LogP contribution in [0.1, 0.15) is 11.1 Å². The summed E-state index contributed by atoms with van der Waals surface area (Å²) in [6, 6.07) is 17.0. The van der Waals surface area contributed by atoms with Crippen molar-refractivity contribution in [3.8, 4) is 11.1 Å². The van der Waals surface area contributed by atoms with Gasteiger partial charge in [-0.15, -0.1) is 0 Å². The molecule has 0 radical (unpaired) electrons. The summed E-state index contributed by atoms with van der Waals surface area (Å²) in [4.78, 5) is 0. The Labute approximate surface area is 85.2 Å². The van der Waals surface area contributed by atoms with E-state index in [-0.39, 0.29) is 0 Å². The highest BCUT2D eigenvalue weighted by molar-refractivity contribution is 5.70. The molecule has 0 heteroatoms. The minimum absolute atomic E-state index is 1.31. The van der Waals surface area contributed by atoms with Gasteiger partial charge in [0.2, 0.25) is 0 Å². The highest BCUT2D eigenvalue weighted by Crippen LogP contribution is 2.26. The van der Waals surface area contributed by atoms with E-state index in [9.17, 15) is 0 Å². The molecule has 2 rings (SSSR count). The quantitative estimate of drug-likeness (QED) is 0.626. The van der Waals surface area contributed by atoms with Gasteiger partial charge in [0.05, 0.1) is 0 Å². The third-order valence-electron chi connectivity index (χ3n) is 2.54. The predicted octanol–water partition coefficient (Wildman–Crippen LogP) is 3.97. The van der Waals surface area contributed by atoms with E-state index in [1.807, 2.05) is 0 Å². The molecule has 0 nitrogen and oxygen atoms in total. The van der Waals surface area contributed by atoms with Crippen molar-refractivity contribution < 1.29 is 0 Å². The number of rotatable bonds is 1. The van der Waals surface area contributed by atoms with Crippen LogP contribution in [0, 0.1) is 13.8 Å².